The number of aromatic nitrogens is 1. The summed E-state index contributed by atoms with van der Waals surface area (Å²) in [5, 5.41) is 2.82. The lowest BCUT2D eigenvalue weighted by Gasteiger charge is -2.23. The van der Waals surface area contributed by atoms with Crippen LogP contribution in [0.4, 0.5) is 11.4 Å². The maximum absolute atomic E-state index is 12.6. The molecule has 1 aromatic heterocycles. The molecule has 3 rings (SSSR count). The first-order valence-electron chi connectivity index (χ1n) is 9.25. The molecule has 0 fully saturated rings. The lowest BCUT2D eigenvalue weighted by Crippen LogP contribution is -2.37. The SMILES string of the molecule is CC(C)n1c(=O)sc2cc(NC(=O)c3ccc(N(C)S(=O)(=O)N(C)C)cc3)ccc21. The van der Waals surface area contributed by atoms with Crippen molar-refractivity contribution in [3.05, 3.63) is 57.7 Å². The summed E-state index contributed by atoms with van der Waals surface area (Å²) in [5.74, 6) is -0.324. The van der Waals surface area contributed by atoms with E-state index in [4.69, 9.17) is 0 Å². The zero-order valence-electron chi connectivity index (χ0n) is 17.4. The lowest BCUT2D eigenvalue weighted by atomic mass is 10.2. The highest BCUT2D eigenvalue weighted by molar-refractivity contribution is 7.90. The fraction of sp³-hybridized carbons (Fsp3) is 0.300. The van der Waals surface area contributed by atoms with Crippen LogP contribution in [-0.2, 0) is 10.2 Å². The molecular formula is C20H24N4O4S2. The van der Waals surface area contributed by atoms with Crippen LogP contribution in [0.2, 0.25) is 0 Å². The summed E-state index contributed by atoms with van der Waals surface area (Å²) in [5.41, 5.74) is 2.26. The Morgan fingerprint density at radius 3 is 2.27 bits per heavy atom. The molecule has 0 spiro atoms. The molecule has 0 unspecified atom stereocenters. The second kappa shape index (κ2) is 8.21. The first kappa shape index (κ1) is 22.0. The smallest absolute Gasteiger partial charge is 0.308 e. The number of carbonyl (C=O) groups is 1. The molecule has 0 bridgehead atoms. The van der Waals surface area contributed by atoms with Crippen LogP contribution < -0.4 is 14.5 Å². The van der Waals surface area contributed by atoms with E-state index in [1.165, 1.54) is 21.1 Å². The predicted octanol–water partition coefficient (Wildman–Crippen LogP) is 3.14. The van der Waals surface area contributed by atoms with Crippen molar-refractivity contribution >= 4 is 49.0 Å². The van der Waals surface area contributed by atoms with E-state index >= 15 is 0 Å². The van der Waals surface area contributed by atoms with Crippen LogP contribution in [0.5, 0.6) is 0 Å². The molecule has 2 aromatic carbocycles. The van der Waals surface area contributed by atoms with Crippen LogP contribution in [0.25, 0.3) is 10.2 Å². The Labute approximate surface area is 179 Å². The van der Waals surface area contributed by atoms with Gasteiger partial charge in [0.1, 0.15) is 0 Å². The van der Waals surface area contributed by atoms with Crippen molar-refractivity contribution in [1.29, 1.82) is 0 Å². The largest absolute Gasteiger partial charge is 0.322 e. The zero-order valence-corrected chi connectivity index (χ0v) is 19.0. The van der Waals surface area contributed by atoms with Gasteiger partial charge in [-0.3, -0.25) is 18.5 Å². The third kappa shape index (κ3) is 4.11. The second-order valence-electron chi connectivity index (χ2n) is 7.27. The molecule has 160 valence electrons. The normalized spacial score (nSPS) is 12.0. The minimum absolute atomic E-state index is 0.0316. The van der Waals surface area contributed by atoms with Crippen LogP contribution in [0.15, 0.2) is 47.3 Å². The Bertz CT molecular complexity index is 1240. The molecule has 0 aliphatic carbocycles. The molecule has 1 N–H and O–H groups in total. The second-order valence-corrected chi connectivity index (χ2v) is 10.4. The average Bonchev–Trinajstić information content (AvgIpc) is 3.02. The Morgan fingerprint density at radius 2 is 1.70 bits per heavy atom. The third-order valence-electron chi connectivity index (χ3n) is 4.69. The molecule has 1 heterocycles. The fourth-order valence-electron chi connectivity index (χ4n) is 3.01. The zero-order chi connectivity index (χ0) is 22.2. The van der Waals surface area contributed by atoms with Gasteiger partial charge in [0.05, 0.1) is 15.9 Å². The summed E-state index contributed by atoms with van der Waals surface area (Å²) in [6.45, 7) is 3.90. The van der Waals surface area contributed by atoms with Crippen molar-refractivity contribution < 1.29 is 13.2 Å². The highest BCUT2D eigenvalue weighted by Crippen LogP contribution is 2.25. The van der Waals surface area contributed by atoms with Gasteiger partial charge in [-0.15, -0.1) is 0 Å². The molecule has 0 saturated carbocycles. The van der Waals surface area contributed by atoms with Crippen LogP contribution in [0.3, 0.4) is 0 Å². The molecule has 0 atom stereocenters. The topological polar surface area (TPSA) is 91.7 Å². The molecule has 0 saturated heterocycles. The van der Waals surface area contributed by atoms with Crippen LogP contribution in [-0.4, -0.2) is 44.3 Å². The summed E-state index contributed by atoms with van der Waals surface area (Å²) >= 11 is 1.14. The van der Waals surface area contributed by atoms with E-state index in [1.54, 1.807) is 41.0 Å². The number of hydrogen-bond acceptors (Lipinski definition) is 5. The summed E-state index contributed by atoms with van der Waals surface area (Å²) in [4.78, 5) is 24.7. The van der Waals surface area contributed by atoms with Crippen LogP contribution in [0.1, 0.15) is 30.2 Å². The number of anilines is 2. The molecule has 10 heteroatoms. The first-order chi connectivity index (χ1) is 14.0. The molecule has 3 aromatic rings. The van der Waals surface area contributed by atoms with E-state index in [-0.39, 0.29) is 16.8 Å². The summed E-state index contributed by atoms with van der Waals surface area (Å²) in [6, 6.07) is 11.7. The number of carbonyl (C=O) groups excluding carboxylic acids is 1. The van der Waals surface area contributed by atoms with Gasteiger partial charge in [-0.1, -0.05) is 11.3 Å². The number of hydrogen-bond donors (Lipinski definition) is 1. The van der Waals surface area contributed by atoms with E-state index < -0.39 is 10.2 Å². The van der Waals surface area contributed by atoms with E-state index in [1.807, 2.05) is 19.9 Å². The molecule has 0 radical (unpaired) electrons. The summed E-state index contributed by atoms with van der Waals surface area (Å²) < 4.78 is 29.2. The number of amides is 1. The Balaban J connectivity index is 1.80. The lowest BCUT2D eigenvalue weighted by molar-refractivity contribution is 0.102. The molecular weight excluding hydrogens is 424 g/mol. The molecule has 0 aliphatic rings. The van der Waals surface area contributed by atoms with E-state index in [0.29, 0.717) is 16.9 Å². The monoisotopic (exact) mass is 448 g/mol. The number of nitrogens with zero attached hydrogens (tertiary/aromatic N) is 3. The minimum Gasteiger partial charge on any atom is -0.322 e. The Morgan fingerprint density at radius 1 is 1.07 bits per heavy atom. The van der Waals surface area contributed by atoms with Gasteiger partial charge >= 0.3 is 15.1 Å². The van der Waals surface area contributed by atoms with Gasteiger partial charge in [0.15, 0.2) is 0 Å². The Hall–Kier alpha value is -2.69. The van der Waals surface area contributed by atoms with Gasteiger partial charge in [-0.2, -0.15) is 12.7 Å². The van der Waals surface area contributed by atoms with Crippen molar-refractivity contribution in [2.24, 2.45) is 0 Å². The maximum atomic E-state index is 12.6. The fourth-order valence-corrected chi connectivity index (χ4v) is 4.94. The predicted molar refractivity (Wildman–Crippen MR) is 122 cm³/mol. The van der Waals surface area contributed by atoms with Crippen molar-refractivity contribution in [3.8, 4) is 0 Å². The Kier molecular flexibility index (Phi) is 6.02. The third-order valence-corrected chi connectivity index (χ3v) is 7.43. The van der Waals surface area contributed by atoms with Crippen molar-refractivity contribution in [1.82, 2.24) is 8.87 Å². The number of nitrogens with one attached hydrogen (secondary N) is 1. The summed E-state index contributed by atoms with van der Waals surface area (Å²) in [6.07, 6.45) is 0. The number of benzene rings is 2. The van der Waals surface area contributed by atoms with Gasteiger partial charge < -0.3 is 5.32 Å². The maximum Gasteiger partial charge on any atom is 0.308 e. The van der Waals surface area contributed by atoms with Gasteiger partial charge in [-0.05, 0) is 56.3 Å². The first-order valence-corrected chi connectivity index (χ1v) is 11.5. The number of rotatable bonds is 6. The van der Waals surface area contributed by atoms with E-state index in [2.05, 4.69) is 5.32 Å². The number of fused-ring (bicyclic) bond motifs is 1. The quantitative estimate of drug-likeness (QED) is 0.627. The van der Waals surface area contributed by atoms with Crippen molar-refractivity contribution in [3.63, 3.8) is 0 Å². The molecule has 30 heavy (non-hydrogen) atoms. The van der Waals surface area contributed by atoms with Crippen molar-refractivity contribution in [2.45, 2.75) is 19.9 Å². The standard InChI is InChI=1S/C20H24N4O4S2/c1-13(2)24-17-11-8-15(12-18(17)29-20(24)26)21-19(25)14-6-9-16(10-7-14)23(5)30(27,28)22(3)4/h6-13H,1-5H3,(H,21,25). The van der Waals surface area contributed by atoms with Gasteiger partial charge in [0.2, 0.25) is 0 Å². The van der Waals surface area contributed by atoms with Crippen LogP contribution in [0, 0.1) is 0 Å². The summed E-state index contributed by atoms with van der Waals surface area (Å²) in [7, 11) is 0.762. The van der Waals surface area contributed by atoms with Crippen molar-refractivity contribution in [2.75, 3.05) is 30.8 Å². The average molecular weight is 449 g/mol. The van der Waals surface area contributed by atoms with Crippen LogP contribution >= 0.6 is 11.3 Å². The minimum atomic E-state index is -3.60. The molecule has 1 amide bonds. The molecule has 0 aliphatic heterocycles. The highest BCUT2D eigenvalue weighted by Gasteiger charge is 2.21. The molecule has 8 nitrogen and oxygen atoms in total. The van der Waals surface area contributed by atoms with Gasteiger partial charge in [0, 0.05) is 38.4 Å². The van der Waals surface area contributed by atoms with Gasteiger partial charge in [-0.25, -0.2) is 0 Å². The van der Waals surface area contributed by atoms with E-state index in [0.717, 1.165) is 30.2 Å². The highest BCUT2D eigenvalue weighted by atomic mass is 32.2. The number of thiazole rings is 1. The van der Waals surface area contributed by atoms with Gasteiger partial charge in [0.25, 0.3) is 5.91 Å². The van der Waals surface area contributed by atoms with E-state index in [9.17, 15) is 18.0 Å².